The third-order valence-corrected chi connectivity index (χ3v) is 2.81. The van der Waals surface area contributed by atoms with Crippen molar-refractivity contribution in [3.63, 3.8) is 0 Å². The Morgan fingerprint density at radius 3 is 3.07 bits per heavy atom. The number of aliphatic hydroxyl groups is 1. The number of nitrogens with one attached hydrogen (secondary N) is 1. The van der Waals surface area contributed by atoms with Crippen LogP contribution >= 0.6 is 0 Å². The van der Waals surface area contributed by atoms with Crippen LogP contribution in [0, 0.1) is 0 Å². The number of aliphatic hydroxyl groups excluding tert-OH is 1. The number of aryl methyl sites for hydroxylation is 1. The minimum Gasteiger partial charge on any atom is -0.396 e. The van der Waals surface area contributed by atoms with Crippen LogP contribution in [0.15, 0.2) is 6.20 Å². The Morgan fingerprint density at radius 2 is 2.40 bits per heavy atom. The Kier molecular flexibility index (Phi) is 3.69. The third-order valence-electron chi connectivity index (χ3n) is 2.81. The van der Waals surface area contributed by atoms with Crippen LogP contribution in [0.1, 0.15) is 31.4 Å². The molecule has 5 heteroatoms. The number of rotatable bonds is 6. The van der Waals surface area contributed by atoms with Gasteiger partial charge in [-0.05, 0) is 19.3 Å². The van der Waals surface area contributed by atoms with E-state index in [1.807, 2.05) is 6.20 Å². The Balaban J connectivity index is 1.73. The summed E-state index contributed by atoms with van der Waals surface area (Å²) in [6, 6.07) is 0.688. The molecule has 2 N–H and O–H groups in total. The Bertz CT molecular complexity index is 295. The van der Waals surface area contributed by atoms with Crippen LogP contribution in [0.5, 0.6) is 0 Å². The summed E-state index contributed by atoms with van der Waals surface area (Å²) in [6.07, 6.45) is 6.61. The maximum absolute atomic E-state index is 8.68. The molecule has 0 amide bonds. The van der Waals surface area contributed by atoms with Crippen LogP contribution < -0.4 is 5.32 Å². The van der Waals surface area contributed by atoms with E-state index >= 15 is 0 Å². The van der Waals surface area contributed by atoms with Gasteiger partial charge in [0.25, 0.3) is 0 Å². The third kappa shape index (κ3) is 3.00. The van der Waals surface area contributed by atoms with E-state index in [4.69, 9.17) is 5.11 Å². The van der Waals surface area contributed by atoms with Crippen molar-refractivity contribution in [2.24, 2.45) is 0 Å². The number of hydrogen-bond donors (Lipinski definition) is 2. The molecule has 0 aliphatic heterocycles. The van der Waals surface area contributed by atoms with Crippen molar-refractivity contribution >= 4 is 0 Å². The van der Waals surface area contributed by atoms with Gasteiger partial charge in [0.05, 0.1) is 5.69 Å². The second-order valence-corrected chi connectivity index (χ2v) is 4.06. The first-order valence-corrected chi connectivity index (χ1v) is 5.62. The average molecular weight is 210 g/mol. The van der Waals surface area contributed by atoms with E-state index in [0.717, 1.165) is 25.2 Å². The molecule has 1 aliphatic rings. The molecule has 1 aromatic heterocycles. The van der Waals surface area contributed by atoms with Crippen molar-refractivity contribution in [2.75, 3.05) is 6.61 Å². The number of nitrogens with zero attached hydrogens (tertiary/aromatic N) is 3. The van der Waals surface area contributed by atoms with Crippen molar-refractivity contribution in [2.45, 2.75) is 44.8 Å². The van der Waals surface area contributed by atoms with Crippen LogP contribution in [0.3, 0.4) is 0 Å². The van der Waals surface area contributed by atoms with Gasteiger partial charge in [-0.15, -0.1) is 5.10 Å². The van der Waals surface area contributed by atoms with Gasteiger partial charge in [-0.2, -0.15) is 0 Å². The van der Waals surface area contributed by atoms with Gasteiger partial charge in [0.1, 0.15) is 0 Å². The van der Waals surface area contributed by atoms with Crippen molar-refractivity contribution in [3.05, 3.63) is 11.9 Å². The molecule has 15 heavy (non-hydrogen) atoms. The lowest BCUT2D eigenvalue weighted by atomic mass is 9.93. The highest BCUT2D eigenvalue weighted by Gasteiger charge is 2.16. The predicted octanol–water partition coefficient (Wildman–Crippen LogP) is 0.303. The van der Waals surface area contributed by atoms with Crippen molar-refractivity contribution < 1.29 is 5.11 Å². The molecular formula is C10H18N4O. The van der Waals surface area contributed by atoms with Gasteiger partial charge < -0.3 is 10.4 Å². The zero-order chi connectivity index (χ0) is 10.5. The SMILES string of the molecule is OCCCn1cc(CNC2CCC2)nn1. The molecular weight excluding hydrogens is 192 g/mol. The highest BCUT2D eigenvalue weighted by molar-refractivity contribution is 4.93. The summed E-state index contributed by atoms with van der Waals surface area (Å²) in [6.45, 7) is 1.76. The summed E-state index contributed by atoms with van der Waals surface area (Å²) in [5.74, 6) is 0. The van der Waals surface area contributed by atoms with Crippen molar-refractivity contribution in [1.82, 2.24) is 20.3 Å². The summed E-state index contributed by atoms with van der Waals surface area (Å²) in [7, 11) is 0. The number of aromatic nitrogens is 3. The van der Waals surface area contributed by atoms with Crippen LogP contribution in [-0.2, 0) is 13.1 Å². The summed E-state index contributed by atoms with van der Waals surface area (Å²) < 4.78 is 1.79. The first-order chi connectivity index (χ1) is 7.38. The molecule has 84 valence electrons. The molecule has 2 rings (SSSR count). The molecule has 0 aromatic carbocycles. The molecule has 0 radical (unpaired) electrons. The zero-order valence-corrected chi connectivity index (χ0v) is 8.89. The van der Waals surface area contributed by atoms with E-state index in [0.29, 0.717) is 6.04 Å². The van der Waals surface area contributed by atoms with E-state index in [9.17, 15) is 0 Å². The maximum Gasteiger partial charge on any atom is 0.0964 e. The Morgan fingerprint density at radius 1 is 1.53 bits per heavy atom. The highest BCUT2D eigenvalue weighted by Crippen LogP contribution is 2.18. The molecule has 1 aliphatic carbocycles. The highest BCUT2D eigenvalue weighted by atomic mass is 16.3. The molecule has 0 unspecified atom stereocenters. The van der Waals surface area contributed by atoms with Gasteiger partial charge in [0, 0.05) is 31.9 Å². The molecule has 1 aromatic rings. The van der Waals surface area contributed by atoms with E-state index in [1.54, 1.807) is 4.68 Å². The van der Waals surface area contributed by atoms with Gasteiger partial charge in [-0.25, -0.2) is 0 Å². The van der Waals surface area contributed by atoms with Crippen molar-refractivity contribution in [1.29, 1.82) is 0 Å². The minimum absolute atomic E-state index is 0.204. The number of hydrogen-bond acceptors (Lipinski definition) is 4. The van der Waals surface area contributed by atoms with Crippen LogP contribution in [0.2, 0.25) is 0 Å². The lowest BCUT2D eigenvalue weighted by molar-refractivity contribution is 0.276. The molecule has 1 fully saturated rings. The molecule has 0 atom stereocenters. The van der Waals surface area contributed by atoms with Crippen LogP contribution in [0.4, 0.5) is 0 Å². The standard InChI is InChI=1S/C10H18N4O/c15-6-2-5-14-8-10(12-13-14)7-11-9-3-1-4-9/h8-9,11,15H,1-7H2. The second-order valence-electron chi connectivity index (χ2n) is 4.06. The molecule has 0 bridgehead atoms. The fourth-order valence-electron chi connectivity index (χ4n) is 1.62. The lowest BCUT2D eigenvalue weighted by Crippen LogP contribution is -2.34. The minimum atomic E-state index is 0.204. The maximum atomic E-state index is 8.68. The second kappa shape index (κ2) is 5.23. The van der Waals surface area contributed by atoms with Crippen LogP contribution in [-0.4, -0.2) is 32.7 Å². The van der Waals surface area contributed by atoms with E-state index in [-0.39, 0.29) is 6.61 Å². The van der Waals surface area contributed by atoms with E-state index in [1.165, 1.54) is 19.3 Å². The first-order valence-electron chi connectivity index (χ1n) is 5.62. The summed E-state index contributed by atoms with van der Waals surface area (Å²) in [4.78, 5) is 0. The Labute approximate surface area is 89.5 Å². The van der Waals surface area contributed by atoms with E-state index in [2.05, 4.69) is 15.6 Å². The zero-order valence-electron chi connectivity index (χ0n) is 8.89. The van der Waals surface area contributed by atoms with Gasteiger partial charge in [-0.3, -0.25) is 4.68 Å². The molecule has 1 heterocycles. The largest absolute Gasteiger partial charge is 0.396 e. The molecule has 5 nitrogen and oxygen atoms in total. The molecule has 0 saturated heterocycles. The van der Waals surface area contributed by atoms with Gasteiger partial charge in [-0.1, -0.05) is 11.6 Å². The predicted molar refractivity (Wildman–Crippen MR) is 56.2 cm³/mol. The monoisotopic (exact) mass is 210 g/mol. The first kappa shape index (κ1) is 10.6. The van der Waals surface area contributed by atoms with Gasteiger partial charge >= 0.3 is 0 Å². The molecule has 1 saturated carbocycles. The normalized spacial score (nSPS) is 16.6. The van der Waals surface area contributed by atoms with Crippen molar-refractivity contribution in [3.8, 4) is 0 Å². The summed E-state index contributed by atoms with van der Waals surface area (Å²) >= 11 is 0. The average Bonchev–Trinajstić information content (AvgIpc) is 2.60. The van der Waals surface area contributed by atoms with Gasteiger partial charge in [0.15, 0.2) is 0 Å². The topological polar surface area (TPSA) is 63.0 Å². The summed E-state index contributed by atoms with van der Waals surface area (Å²) in [5.41, 5.74) is 0.986. The van der Waals surface area contributed by atoms with E-state index < -0.39 is 0 Å². The van der Waals surface area contributed by atoms with Crippen LogP contribution in [0.25, 0.3) is 0 Å². The molecule has 0 spiro atoms. The Hall–Kier alpha value is -0.940. The quantitative estimate of drug-likeness (QED) is 0.709. The summed E-state index contributed by atoms with van der Waals surface area (Å²) in [5, 5.41) is 20.2. The fourth-order valence-corrected chi connectivity index (χ4v) is 1.62. The smallest absolute Gasteiger partial charge is 0.0964 e. The lowest BCUT2D eigenvalue weighted by Gasteiger charge is -2.25. The van der Waals surface area contributed by atoms with Gasteiger partial charge in [0.2, 0.25) is 0 Å². The fraction of sp³-hybridized carbons (Fsp3) is 0.800.